The van der Waals surface area contributed by atoms with E-state index in [9.17, 15) is 4.79 Å². The lowest BCUT2D eigenvalue weighted by atomic mass is 9.98. The maximum atomic E-state index is 12.4. The van der Waals surface area contributed by atoms with Crippen molar-refractivity contribution in [2.75, 3.05) is 7.11 Å². The van der Waals surface area contributed by atoms with Crippen LogP contribution in [-0.4, -0.2) is 25.3 Å². The van der Waals surface area contributed by atoms with Gasteiger partial charge in [0.25, 0.3) is 0 Å². The Labute approximate surface area is 205 Å². The molecule has 4 nitrogen and oxygen atoms in total. The molecule has 0 fully saturated rings. The SMILES string of the molecule is COC(=O)[C@H](OCc1ccccc1)[C@@H](C)/C=C/[C@@H](OCc1ccccc1)[C@@H](C)/C=C/CC(C)C. The Kier molecular flexibility index (Phi) is 12.4. The number of methoxy groups -OCH3 is 1. The molecule has 0 unspecified atom stereocenters. The van der Waals surface area contributed by atoms with Gasteiger partial charge < -0.3 is 14.2 Å². The fourth-order valence-corrected chi connectivity index (χ4v) is 3.52. The summed E-state index contributed by atoms with van der Waals surface area (Å²) >= 11 is 0. The lowest BCUT2D eigenvalue weighted by molar-refractivity contribution is -0.157. The van der Waals surface area contributed by atoms with Gasteiger partial charge in [-0.3, -0.25) is 0 Å². The van der Waals surface area contributed by atoms with Gasteiger partial charge in [-0.2, -0.15) is 0 Å². The largest absolute Gasteiger partial charge is 0.467 e. The number of hydrogen-bond donors (Lipinski definition) is 0. The summed E-state index contributed by atoms with van der Waals surface area (Å²) in [5.74, 6) is 0.253. The minimum absolute atomic E-state index is 0.126. The van der Waals surface area contributed by atoms with E-state index in [4.69, 9.17) is 14.2 Å². The average Bonchev–Trinajstić information content (AvgIpc) is 2.84. The lowest BCUT2D eigenvalue weighted by Crippen LogP contribution is -2.31. The fraction of sp³-hybridized carbons (Fsp3) is 0.433. The van der Waals surface area contributed by atoms with Crippen LogP contribution in [-0.2, 0) is 32.2 Å². The molecule has 0 saturated carbocycles. The first-order valence-electron chi connectivity index (χ1n) is 12.1. The molecule has 0 aliphatic rings. The molecule has 0 aliphatic carbocycles. The average molecular weight is 465 g/mol. The summed E-state index contributed by atoms with van der Waals surface area (Å²) < 4.78 is 17.3. The molecular formula is C30H40O4. The lowest BCUT2D eigenvalue weighted by Gasteiger charge is -2.22. The standard InChI is InChI=1S/C30H40O4/c1-23(2)13-12-14-24(3)28(33-21-26-15-8-6-9-16-26)20-19-25(4)29(30(31)32-5)34-22-27-17-10-7-11-18-27/h6-12,14-20,23-25,28-29H,13,21-22H2,1-5H3/b14-12+,20-19+/t24-,25-,28+,29+/m0/s1. The maximum Gasteiger partial charge on any atom is 0.335 e. The molecule has 0 aliphatic heterocycles. The van der Waals surface area contributed by atoms with E-state index in [-0.39, 0.29) is 23.9 Å². The van der Waals surface area contributed by atoms with Crippen LogP contribution in [0, 0.1) is 17.8 Å². The number of carbonyl (C=O) groups is 1. The van der Waals surface area contributed by atoms with Gasteiger partial charge in [-0.1, -0.05) is 113 Å². The second-order valence-electron chi connectivity index (χ2n) is 9.16. The molecule has 4 heteroatoms. The van der Waals surface area contributed by atoms with Gasteiger partial charge >= 0.3 is 5.97 Å². The van der Waals surface area contributed by atoms with Crippen molar-refractivity contribution in [1.29, 1.82) is 0 Å². The molecule has 0 saturated heterocycles. The predicted octanol–water partition coefficient (Wildman–Crippen LogP) is 6.76. The zero-order chi connectivity index (χ0) is 24.8. The molecule has 184 valence electrons. The van der Waals surface area contributed by atoms with Crippen molar-refractivity contribution >= 4 is 5.97 Å². The molecule has 2 aromatic carbocycles. The topological polar surface area (TPSA) is 44.8 Å². The van der Waals surface area contributed by atoms with Crippen molar-refractivity contribution in [2.24, 2.45) is 17.8 Å². The summed E-state index contributed by atoms with van der Waals surface area (Å²) in [5.41, 5.74) is 2.14. The van der Waals surface area contributed by atoms with Gasteiger partial charge in [0, 0.05) is 11.8 Å². The summed E-state index contributed by atoms with van der Waals surface area (Å²) in [4.78, 5) is 12.4. The van der Waals surface area contributed by atoms with Gasteiger partial charge in [0.15, 0.2) is 6.10 Å². The first kappa shape index (κ1) is 27.6. The van der Waals surface area contributed by atoms with E-state index in [1.807, 2.05) is 61.5 Å². The van der Waals surface area contributed by atoms with Gasteiger partial charge in [0.1, 0.15) is 0 Å². The summed E-state index contributed by atoms with van der Waals surface area (Å²) in [6.45, 7) is 9.42. The molecule has 0 amide bonds. The highest BCUT2D eigenvalue weighted by Gasteiger charge is 2.26. The Balaban J connectivity index is 2.10. The molecule has 0 N–H and O–H groups in total. The van der Waals surface area contributed by atoms with Gasteiger partial charge in [-0.15, -0.1) is 0 Å². The molecule has 0 spiro atoms. The minimum atomic E-state index is -0.692. The maximum absolute atomic E-state index is 12.4. The van der Waals surface area contributed by atoms with Crippen LogP contribution < -0.4 is 0 Å². The van der Waals surface area contributed by atoms with E-state index in [0.717, 1.165) is 17.5 Å². The fourth-order valence-electron chi connectivity index (χ4n) is 3.52. The normalized spacial score (nSPS) is 15.5. The van der Waals surface area contributed by atoms with Gasteiger partial charge in [-0.05, 0) is 23.5 Å². The second kappa shape index (κ2) is 15.3. The number of esters is 1. The van der Waals surface area contributed by atoms with Gasteiger partial charge in [0.2, 0.25) is 0 Å². The van der Waals surface area contributed by atoms with E-state index in [1.54, 1.807) is 0 Å². The third-order valence-corrected chi connectivity index (χ3v) is 5.64. The second-order valence-corrected chi connectivity index (χ2v) is 9.16. The van der Waals surface area contributed by atoms with Crippen molar-refractivity contribution in [3.63, 3.8) is 0 Å². The third-order valence-electron chi connectivity index (χ3n) is 5.64. The van der Waals surface area contributed by atoms with Crippen molar-refractivity contribution in [1.82, 2.24) is 0 Å². The molecule has 0 aromatic heterocycles. The number of carbonyl (C=O) groups excluding carboxylic acids is 1. The van der Waals surface area contributed by atoms with Crippen molar-refractivity contribution in [2.45, 2.75) is 59.5 Å². The summed E-state index contributed by atoms with van der Waals surface area (Å²) in [5, 5.41) is 0. The quantitative estimate of drug-likeness (QED) is 0.229. The first-order valence-corrected chi connectivity index (χ1v) is 12.1. The van der Waals surface area contributed by atoms with Crippen LogP contribution in [0.15, 0.2) is 85.0 Å². The molecule has 0 heterocycles. The van der Waals surface area contributed by atoms with Crippen LogP contribution in [0.5, 0.6) is 0 Å². The Morgan fingerprint density at radius 2 is 1.32 bits per heavy atom. The van der Waals surface area contributed by atoms with E-state index >= 15 is 0 Å². The first-order chi connectivity index (χ1) is 16.4. The van der Waals surface area contributed by atoms with Crippen LogP contribution in [0.3, 0.4) is 0 Å². The highest BCUT2D eigenvalue weighted by Crippen LogP contribution is 2.19. The number of hydrogen-bond acceptors (Lipinski definition) is 4. The van der Waals surface area contributed by atoms with Gasteiger partial charge in [-0.25, -0.2) is 4.79 Å². The molecule has 0 radical (unpaired) electrons. The highest BCUT2D eigenvalue weighted by molar-refractivity contribution is 5.75. The van der Waals surface area contributed by atoms with E-state index < -0.39 is 6.10 Å². The summed E-state index contributed by atoms with van der Waals surface area (Å²) in [6.07, 6.45) is 8.73. The molecule has 4 atom stereocenters. The Morgan fingerprint density at radius 1 is 0.765 bits per heavy atom. The zero-order valence-electron chi connectivity index (χ0n) is 21.2. The van der Waals surface area contributed by atoms with Crippen molar-refractivity contribution < 1.29 is 19.0 Å². The Morgan fingerprint density at radius 3 is 1.85 bits per heavy atom. The highest BCUT2D eigenvalue weighted by atomic mass is 16.6. The molecule has 0 bridgehead atoms. The van der Waals surface area contributed by atoms with Crippen LogP contribution >= 0.6 is 0 Å². The van der Waals surface area contributed by atoms with Gasteiger partial charge in [0.05, 0.1) is 26.4 Å². The van der Waals surface area contributed by atoms with Crippen molar-refractivity contribution in [3.8, 4) is 0 Å². The van der Waals surface area contributed by atoms with Crippen LogP contribution in [0.4, 0.5) is 0 Å². The molecule has 2 rings (SSSR count). The monoisotopic (exact) mass is 464 g/mol. The Bertz CT molecular complexity index is 873. The van der Waals surface area contributed by atoms with Crippen molar-refractivity contribution in [3.05, 3.63) is 96.1 Å². The number of benzene rings is 2. The number of ether oxygens (including phenoxy) is 3. The van der Waals surface area contributed by atoms with E-state index in [2.05, 4.69) is 51.1 Å². The summed E-state index contributed by atoms with van der Waals surface area (Å²) in [6, 6.07) is 20.0. The Hall–Kier alpha value is -2.69. The zero-order valence-corrected chi connectivity index (χ0v) is 21.2. The third kappa shape index (κ3) is 10.1. The van der Waals surface area contributed by atoms with Crippen LogP contribution in [0.1, 0.15) is 45.2 Å². The predicted molar refractivity (Wildman–Crippen MR) is 138 cm³/mol. The number of rotatable bonds is 14. The molecular weight excluding hydrogens is 424 g/mol. The van der Waals surface area contributed by atoms with E-state index in [1.165, 1.54) is 7.11 Å². The minimum Gasteiger partial charge on any atom is -0.467 e. The van der Waals surface area contributed by atoms with Crippen LogP contribution in [0.2, 0.25) is 0 Å². The van der Waals surface area contributed by atoms with E-state index in [0.29, 0.717) is 19.1 Å². The van der Waals surface area contributed by atoms with Crippen LogP contribution in [0.25, 0.3) is 0 Å². The smallest absolute Gasteiger partial charge is 0.335 e. The number of allylic oxidation sites excluding steroid dienone is 1. The summed E-state index contributed by atoms with van der Waals surface area (Å²) in [7, 11) is 1.39. The molecule has 2 aromatic rings. The molecule has 34 heavy (non-hydrogen) atoms.